The van der Waals surface area contributed by atoms with Crippen LogP contribution in [0.4, 0.5) is 5.95 Å². The van der Waals surface area contributed by atoms with Gasteiger partial charge in [-0.25, -0.2) is 9.67 Å². The monoisotopic (exact) mass is 452 g/mol. The first-order valence-corrected chi connectivity index (χ1v) is 11.3. The minimum atomic E-state index is -0.239. The quantitative estimate of drug-likeness (QED) is 0.472. The number of nitriles is 1. The largest absolute Gasteiger partial charge is 0.341 e. The summed E-state index contributed by atoms with van der Waals surface area (Å²) in [5.41, 5.74) is 1.99. The van der Waals surface area contributed by atoms with Gasteiger partial charge in [-0.2, -0.15) is 10.4 Å². The van der Waals surface area contributed by atoms with Gasteiger partial charge in [-0.05, 0) is 19.9 Å². The molecule has 0 aliphatic carbocycles. The van der Waals surface area contributed by atoms with Crippen LogP contribution in [0.2, 0.25) is 0 Å². The third-order valence-electron chi connectivity index (χ3n) is 6.07. The molecule has 5 rings (SSSR count). The lowest BCUT2D eigenvalue weighted by molar-refractivity contribution is 0.634. The van der Waals surface area contributed by atoms with Crippen LogP contribution in [0.1, 0.15) is 24.6 Å². The second-order valence-corrected chi connectivity index (χ2v) is 8.13. The first-order chi connectivity index (χ1) is 16.7. The molecule has 1 fully saturated rings. The van der Waals surface area contributed by atoms with Crippen LogP contribution in [0, 0.1) is 23.2 Å². The van der Waals surface area contributed by atoms with E-state index in [0.717, 1.165) is 49.3 Å². The van der Waals surface area contributed by atoms with Crippen LogP contribution in [-0.4, -0.2) is 50.5 Å². The average molecular weight is 453 g/mol. The Balaban J connectivity index is 1.62. The van der Waals surface area contributed by atoms with E-state index >= 15 is 0 Å². The van der Waals surface area contributed by atoms with Gasteiger partial charge in [0.05, 0.1) is 30.5 Å². The average Bonchev–Trinajstić information content (AvgIpc) is 3.03. The van der Waals surface area contributed by atoms with Gasteiger partial charge in [0.2, 0.25) is 5.95 Å². The molecule has 9 heteroatoms. The summed E-state index contributed by atoms with van der Waals surface area (Å²) in [7, 11) is 0. The number of nitrogens with one attached hydrogen (secondary N) is 1. The lowest BCUT2D eigenvalue weighted by Crippen LogP contribution is -2.31. The molecular weight excluding hydrogens is 428 g/mol. The molecular formula is C25H24N8O. The summed E-state index contributed by atoms with van der Waals surface area (Å²) in [4.78, 5) is 25.1. The number of hydrogen-bond donors (Lipinski definition) is 1. The van der Waals surface area contributed by atoms with Crippen molar-refractivity contribution in [3.8, 4) is 17.9 Å². The SMILES string of the molecule is CC#CCn1c(N2CCCNCC2)nc2cnn(Cc3ncc(C#N)c4ccccc34)c(=O)c21. The van der Waals surface area contributed by atoms with E-state index in [4.69, 9.17) is 4.98 Å². The molecule has 1 N–H and O–H groups in total. The minimum Gasteiger partial charge on any atom is -0.341 e. The first-order valence-electron chi connectivity index (χ1n) is 11.3. The number of nitrogens with zero attached hydrogens (tertiary/aromatic N) is 7. The maximum atomic E-state index is 13.6. The number of benzene rings is 1. The van der Waals surface area contributed by atoms with Crippen molar-refractivity contribution in [2.45, 2.75) is 26.4 Å². The molecule has 0 saturated carbocycles. The molecule has 1 saturated heterocycles. The van der Waals surface area contributed by atoms with Crippen LogP contribution >= 0.6 is 0 Å². The molecule has 3 aromatic heterocycles. The number of fused-ring (bicyclic) bond motifs is 2. The zero-order valence-corrected chi connectivity index (χ0v) is 19.0. The molecule has 1 aliphatic heterocycles. The molecule has 0 unspecified atom stereocenters. The summed E-state index contributed by atoms with van der Waals surface area (Å²) in [6.07, 6.45) is 4.19. The van der Waals surface area contributed by atoms with Crippen LogP contribution in [0.5, 0.6) is 0 Å². The Kier molecular flexibility index (Phi) is 5.94. The third kappa shape index (κ3) is 3.87. The van der Waals surface area contributed by atoms with Gasteiger partial charge in [-0.1, -0.05) is 30.2 Å². The maximum Gasteiger partial charge on any atom is 0.293 e. The highest BCUT2D eigenvalue weighted by Crippen LogP contribution is 2.23. The van der Waals surface area contributed by atoms with Gasteiger partial charge >= 0.3 is 0 Å². The van der Waals surface area contributed by atoms with Gasteiger partial charge in [0, 0.05) is 36.6 Å². The molecule has 170 valence electrons. The van der Waals surface area contributed by atoms with Gasteiger partial charge in [0.25, 0.3) is 5.56 Å². The maximum absolute atomic E-state index is 13.6. The van der Waals surface area contributed by atoms with Crippen molar-refractivity contribution in [1.29, 1.82) is 5.26 Å². The third-order valence-corrected chi connectivity index (χ3v) is 6.07. The van der Waals surface area contributed by atoms with Gasteiger partial charge in [0.1, 0.15) is 17.1 Å². The molecule has 1 aliphatic rings. The Hall–Kier alpha value is -4.21. The van der Waals surface area contributed by atoms with Crippen molar-refractivity contribution in [1.82, 2.24) is 29.6 Å². The van der Waals surface area contributed by atoms with Crippen molar-refractivity contribution in [2.75, 3.05) is 31.1 Å². The Labute approximate surface area is 196 Å². The van der Waals surface area contributed by atoms with E-state index in [-0.39, 0.29) is 12.1 Å². The van der Waals surface area contributed by atoms with Crippen molar-refractivity contribution in [2.24, 2.45) is 0 Å². The van der Waals surface area contributed by atoms with E-state index in [9.17, 15) is 10.1 Å². The summed E-state index contributed by atoms with van der Waals surface area (Å²) in [6.45, 7) is 5.85. The molecule has 0 radical (unpaired) electrons. The molecule has 9 nitrogen and oxygen atoms in total. The number of hydrogen-bond acceptors (Lipinski definition) is 7. The van der Waals surface area contributed by atoms with E-state index < -0.39 is 0 Å². The Morgan fingerprint density at radius 1 is 1.15 bits per heavy atom. The summed E-state index contributed by atoms with van der Waals surface area (Å²) in [5.74, 6) is 6.77. The molecule has 0 amide bonds. The number of rotatable bonds is 4. The van der Waals surface area contributed by atoms with Gasteiger partial charge in [-0.3, -0.25) is 14.3 Å². The van der Waals surface area contributed by atoms with Gasteiger partial charge in [0.15, 0.2) is 0 Å². The zero-order chi connectivity index (χ0) is 23.5. The summed E-state index contributed by atoms with van der Waals surface area (Å²) in [5, 5.41) is 18.9. The number of aromatic nitrogens is 5. The zero-order valence-electron chi connectivity index (χ0n) is 19.0. The Morgan fingerprint density at radius 3 is 2.82 bits per heavy atom. The van der Waals surface area contributed by atoms with Crippen molar-refractivity contribution in [3.05, 3.63) is 58.3 Å². The fourth-order valence-electron chi connectivity index (χ4n) is 4.39. The minimum absolute atomic E-state index is 0.189. The molecule has 4 aromatic rings. The fraction of sp³-hybridized carbons (Fsp3) is 0.320. The van der Waals surface area contributed by atoms with Crippen LogP contribution in [-0.2, 0) is 13.1 Å². The number of imidazole rings is 1. The Bertz CT molecular complexity index is 1520. The topological polar surface area (TPSA) is 105 Å². The molecule has 1 aromatic carbocycles. The van der Waals surface area contributed by atoms with Crippen LogP contribution in [0.15, 0.2) is 41.5 Å². The molecule has 0 atom stereocenters. The van der Waals surface area contributed by atoms with Gasteiger partial charge in [-0.15, -0.1) is 5.92 Å². The van der Waals surface area contributed by atoms with E-state index in [2.05, 4.69) is 38.2 Å². The van der Waals surface area contributed by atoms with E-state index in [0.29, 0.717) is 28.8 Å². The molecule has 0 spiro atoms. The second kappa shape index (κ2) is 9.34. The van der Waals surface area contributed by atoms with E-state index in [1.54, 1.807) is 19.3 Å². The van der Waals surface area contributed by atoms with E-state index in [1.165, 1.54) is 4.68 Å². The fourth-order valence-corrected chi connectivity index (χ4v) is 4.39. The van der Waals surface area contributed by atoms with Crippen molar-refractivity contribution < 1.29 is 0 Å². The standard InChI is InChI=1S/C25H24N8O/c1-2-3-12-32-23-21(30-25(32)31-11-6-9-27-10-13-31)16-29-33(24(23)34)17-22-20-8-5-4-7-19(20)18(14-26)15-28-22/h4-5,7-8,15-16,27H,6,9-13,17H2,1H3. The predicted molar refractivity (Wildman–Crippen MR) is 130 cm³/mol. The predicted octanol–water partition coefficient (Wildman–Crippen LogP) is 1.88. The van der Waals surface area contributed by atoms with Crippen molar-refractivity contribution >= 4 is 27.8 Å². The number of anilines is 1. The Morgan fingerprint density at radius 2 is 2.00 bits per heavy atom. The smallest absolute Gasteiger partial charge is 0.293 e. The number of pyridine rings is 1. The van der Waals surface area contributed by atoms with Crippen molar-refractivity contribution in [3.63, 3.8) is 0 Å². The highest BCUT2D eigenvalue weighted by atomic mass is 16.1. The summed E-state index contributed by atoms with van der Waals surface area (Å²) in [6, 6.07) is 9.76. The second-order valence-electron chi connectivity index (χ2n) is 8.13. The van der Waals surface area contributed by atoms with Crippen LogP contribution in [0.3, 0.4) is 0 Å². The first kappa shape index (κ1) is 21.6. The lowest BCUT2D eigenvalue weighted by atomic mass is 10.1. The van der Waals surface area contributed by atoms with Crippen LogP contribution in [0.25, 0.3) is 21.8 Å². The highest BCUT2D eigenvalue weighted by Gasteiger charge is 2.21. The summed E-state index contributed by atoms with van der Waals surface area (Å²) < 4.78 is 3.32. The molecule has 0 bridgehead atoms. The highest BCUT2D eigenvalue weighted by molar-refractivity contribution is 5.89. The van der Waals surface area contributed by atoms with E-state index in [1.807, 2.05) is 28.8 Å². The normalized spacial score (nSPS) is 13.9. The lowest BCUT2D eigenvalue weighted by Gasteiger charge is -2.21. The molecule has 4 heterocycles. The summed E-state index contributed by atoms with van der Waals surface area (Å²) >= 11 is 0. The van der Waals surface area contributed by atoms with Crippen LogP contribution < -0.4 is 15.8 Å². The van der Waals surface area contributed by atoms with Gasteiger partial charge < -0.3 is 10.2 Å². The molecule has 34 heavy (non-hydrogen) atoms.